The summed E-state index contributed by atoms with van der Waals surface area (Å²) in [4.78, 5) is -0.0399. The Morgan fingerprint density at radius 1 is 1.10 bits per heavy atom. The Hall–Kier alpha value is -2.42. The van der Waals surface area contributed by atoms with E-state index >= 15 is 0 Å². The van der Waals surface area contributed by atoms with E-state index in [1.54, 1.807) is 19.9 Å². The van der Waals surface area contributed by atoms with Crippen LogP contribution in [0.5, 0.6) is 11.5 Å². The van der Waals surface area contributed by atoms with E-state index in [1.165, 1.54) is 13.2 Å². The number of aryl methyl sites for hydroxylation is 1. The summed E-state index contributed by atoms with van der Waals surface area (Å²) in [7, 11) is -2.69. The second kappa shape index (κ2) is 8.52. The molecule has 0 aliphatic rings. The van der Waals surface area contributed by atoms with Crippen molar-refractivity contribution in [2.24, 2.45) is 0 Å². The molecule has 1 N–H and O–H groups in total. The first kappa shape index (κ1) is 22.9. The van der Waals surface area contributed by atoms with E-state index in [9.17, 15) is 21.6 Å². The van der Waals surface area contributed by atoms with Crippen LogP contribution in [0, 0.1) is 6.92 Å². The van der Waals surface area contributed by atoms with Crippen molar-refractivity contribution in [3.8, 4) is 11.5 Å². The summed E-state index contributed by atoms with van der Waals surface area (Å²) >= 11 is 0. The van der Waals surface area contributed by atoms with Crippen molar-refractivity contribution >= 4 is 15.7 Å². The second-order valence-corrected chi connectivity index (χ2v) is 8.41. The van der Waals surface area contributed by atoms with Gasteiger partial charge < -0.3 is 9.47 Å². The van der Waals surface area contributed by atoms with Crippen LogP contribution in [0.4, 0.5) is 18.9 Å². The number of ether oxygens (including phenoxy) is 2. The maximum atomic E-state index is 13.1. The number of anilines is 1. The van der Waals surface area contributed by atoms with Crippen molar-refractivity contribution in [3.63, 3.8) is 0 Å². The maximum Gasteiger partial charge on any atom is 0.416 e. The average molecular weight is 431 g/mol. The Labute approximate surface area is 168 Å². The predicted molar refractivity (Wildman–Crippen MR) is 105 cm³/mol. The van der Waals surface area contributed by atoms with E-state index in [-0.39, 0.29) is 28.9 Å². The third-order valence-corrected chi connectivity index (χ3v) is 5.80. The number of benzene rings is 2. The van der Waals surface area contributed by atoms with Crippen molar-refractivity contribution in [2.45, 2.75) is 44.7 Å². The fraction of sp³-hybridized carbons (Fsp3) is 0.400. The fourth-order valence-electron chi connectivity index (χ4n) is 2.86. The predicted octanol–water partition coefficient (Wildman–Crippen LogP) is 5.35. The zero-order chi connectivity index (χ0) is 22.0. The van der Waals surface area contributed by atoms with Crippen LogP contribution in [0.2, 0.25) is 0 Å². The minimum Gasteiger partial charge on any atom is -0.496 e. The van der Waals surface area contributed by atoms with Gasteiger partial charge in [-0.15, -0.1) is 0 Å². The first-order valence-electron chi connectivity index (χ1n) is 8.96. The highest BCUT2D eigenvalue weighted by Gasteiger charge is 2.32. The van der Waals surface area contributed by atoms with E-state index in [0.717, 1.165) is 18.2 Å². The van der Waals surface area contributed by atoms with Gasteiger partial charge in [-0.25, -0.2) is 8.42 Å². The molecule has 0 heterocycles. The lowest BCUT2D eigenvalue weighted by atomic mass is 10.0. The lowest BCUT2D eigenvalue weighted by Gasteiger charge is -2.19. The summed E-state index contributed by atoms with van der Waals surface area (Å²) in [5, 5.41) is 0. The molecule has 2 rings (SSSR count). The summed E-state index contributed by atoms with van der Waals surface area (Å²) in [5.74, 6) is 0.539. The molecule has 0 aliphatic carbocycles. The highest BCUT2D eigenvalue weighted by Crippen LogP contribution is 2.37. The van der Waals surface area contributed by atoms with Gasteiger partial charge in [-0.05, 0) is 61.2 Å². The van der Waals surface area contributed by atoms with Crippen molar-refractivity contribution in [1.82, 2.24) is 0 Å². The van der Waals surface area contributed by atoms with Gasteiger partial charge in [0.05, 0.1) is 29.9 Å². The van der Waals surface area contributed by atoms with Crippen LogP contribution in [0.1, 0.15) is 43.4 Å². The van der Waals surface area contributed by atoms with Crippen LogP contribution in [0.15, 0.2) is 35.2 Å². The second-order valence-electron chi connectivity index (χ2n) is 6.76. The smallest absolute Gasteiger partial charge is 0.416 e. The molecule has 0 fully saturated rings. The molecule has 0 aliphatic heterocycles. The van der Waals surface area contributed by atoms with Crippen molar-refractivity contribution < 1.29 is 31.1 Å². The summed E-state index contributed by atoms with van der Waals surface area (Å²) in [6.07, 6.45) is -4.62. The molecule has 0 radical (unpaired) electrons. The Bertz CT molecular complexity index is 986. The number of methoxy groups -OCH3 is 1. The monoisotopic (exact) mass is 431 g/mol. The number of alkyl halides is 3. The molecule has 0 bridgehead atoms. The number of nitrogens with one attached hydrogen (secondary N) is 1. The molecule has 0 unspecified atom stereocenters. The van der Waals surface area contributed by atoms with Gasteiger partial charge in [0.25, 0.3) is 10.0 Å². The first-order valence-corrected chi connectivity index (χ1v) is 10.4. The molecule has 2 aromatic carbocycles. The Morgan fingerprint density at radius 3 is 2.28 bits per heavy atom. The number of halogens is 3. The van der Waals surface area contributed by atoms with Gasteiger partial charge in [-0.3, -0.25) is 4.72 Å². The largest absolute Gasteiger partial charge is 0.496 e. The molecule has 29 heavy (non-hydrogen) atoms. The molecule has 9 heteroatoms. The van der Waals surface area contributed by atoms with E-state index in [1.807, 2.05) is 13.8 Å². The summed E-state index contributed by atoms with van der Waals surface area (Å²) < 4.78 is 78.2. The van der Waals surface area contributed by atoms with Crippen LogP contribution >= 0.6 is 0 Å². The first-order chi connectivity index (χ1) is 13.4. The molecular weight excluding hydrogens is 407 g/mol. The third kappa shape index (κ3) is 5.14. The standard InChI is InChI=1S/C20H24F3NO4S/c1-6-28-17-8-7-14(20(21,22)23)10-16(17)24-29(25,26)19-11-15(12(2)3)18(27-5)9-13(19)4/h7-12,24H,6H2,1-5H3. The highest BCUT2D eigenvalue weighted by atomic mass is 32.2. The lowest BCUT2D eigenvalue weighted by Crippen LogP contribution is -2.17. The molecule has 0 saturated heterocycles. The summed E-state index contributed by atoms with van der Waals surface area (Å²) in [6, 6.07) is 5.75. The van der Waals surface area contributed by atoms with E-state index in [0.29, 0.717) is 16.9 Å². The third-order valence-electron chi connectivity index (χ3n) is 4.29. The molecule has 0 spiro atoms. The van der Waals surface area contributed by atoms with E-state index < -0.39 is 21.8 Å². The molecule has 160 valence electrons. The zero-order valence-electron chi connectivity index (χ0n) is 16.8. The highest BCUT2D eigenvalue weighted by molar-refractivity contribution is 7.92. The fourth-order valence-corrected chi connectivity index (χ4v) is 4.19. The van der Waals surface area contributed by atoms with Gasteiger partial charge in [0.2, 0.25) is 0 Å². The Morgan fingerprint density at radius 2 is 1.76 bits per heavy atom. The number of sulfonamides is 1. The Kier molecular flexibility index (Phi) is 6.72. The topological polar surface area (TPSA) is 64.6 Å². The van der Waals surface area contributed by atoms with Crippen LogP contribution < -0.4 is 14.2 Å². The van der Waals surface area contributed by atoms with Gasteiger partial charge >= 0.3 is 6.18 Å². The molecule has 0 saturated carbocycles. The van der Waals surface area contributed by atoms with Gasteiger partial charge in [-0.2, -0.15) is 13.2 Å². The van der Waals surface area contributed by atoms with Gasteiger partial charge in [0.15, 0.2) is 0 Å². The zero-order valence-corrected chi connectivity index (χ0v) is 17.7. The summed E-state index contributed by atoms with van der Waals surface area (Å²) in [5.41, 5.74) is -0.174. The maximum absolute atomic E-state index is 13.1. The molecule has 0 amide bonds. The van der Waals surface area contributed by atoms with E-state index in [4.69, 9.17) is 9.47 Å². The number of rotatable bonds is 7. The van der Waals surface area contributed by atoms with E-state index in [2.05, 4.69) is 4.72 Å². The molecule has 5 nitrogen and oxygen atoms in total. The Balaban J connectivity index is 2.57. The van der Waals surface area contributed by atoms with Gasteiger partial charge in [-0.1, -0.05) is 13.8 Å². The number of hydrogen-bond acceptors (Lipinski definition) is 4. The number of hydrogen-bond donors (Lipinski definition) is 1. The molecule has 0 aromatic heterocycles. The lowest BCUT2D eigenvalue weighted by molar-refractivity contribution is -0.137. The van der Waals surface area contributed by atoms with Crippen LogP contribution in [0.25, 0.3) is 0 Å². The summed E-state index contributed by atoms with van der Waals surface area (Å²) in [6.45, 7) is 7.18. The minimum atomic E-state index is -4.62. The van der Waals surface area contributed by atoms with Crippen LogP contribution in [-0.2, 0) is 16.2 Å². The minimum absolute atomic E-state index is 0.0133. The quantitative estimate of drug-likeness (QED) is 0.642. The van der Waals surface area contributed by atoms with Gasteiger partial charge in [0.1, 0.15) is 11.5 Å². The van der Waals surface area contributed by atoms with Crippen molar-refractivity contribution in [1.29, 1.82) is 0 Å². The molecular formula is C20H24F3NO4S. The molecule has 0 atom stereocenters. The van der Waals surface area contributed by atoms with Crippen LogP contribution in [-0.4, -0.2) is 22.1 Å². The van der Waals surface area contributed by atoms with Crippen molar-refractivity contribution in [3.05, 3.63) is 47.0 Å². The molecule has 2 aromatic rings. The van der Waals surface area contributed by atoms with Crippen molar-refractivity contribution in [2.75, 3.05) is 18.4 Å². The van der Waals surface area contributed by atoms with Gasteiger partial charge in [0, 0.05) is 0 Å². The van der Waals surface area contributed by atoms with Crippen LogP contribution in [0.3, 0.4) is 0 Å². The average Bonchev–Trinajstić information content (AvgIpc) is 2.61. The normalized spacial score (nSPS) is 12.2. The SMILES string of the molecule is CCOc1ccc(C(F)(F)F)cc1NS(=O)(=O)c1cc(C(C)C)c(OC)cc1C.